The third-order valence-corrected chi connectivity index (χ3v) is 4.04. The summed E-state index contributed by atoms with van der Waals surface area (Å²) in [5, 5.41) is 8.74. The maximum absolute atomic E-state index is 11.8. The number of carbonyl (C=O) groups is 2. The maximum atomic E-state index is 11.8. The Bertz CT molecular complexity index is 821. The molecule has 0 saturated heterocycles. The van der Waals surface area contributed by atoms with Gasteiger partial charge in [-0.15, -0.1) is 0 Å². The lowest BCUT2D eigenvalue weighted by molar-refractivity contribution is -0.139. The van der Waals surface area contributed by atoms with Crippen molar-refractivity contribution in [1.29, 1.82) is 0 Å². The number of halogens is 2. The standard InChI is InChI=1S/C18H16Cl2N4O2/c1-11(13-7-3-5-9-15(13)19)21-23-17(25)18(26)24-22-12(2)14-8-4-6-10-16(14)20/h3-10H,1-2H3,(H,23,25)(H,24,26). The lowest BCUT2D eigenvalue weighted by atomic mass is 10.1. The Balaban J connectivity index is 1.99. The number of benzene rings is 2. The lowest BCUT2D eigenvalue weighted by Crippen LogP contribution is -2.36. The van der Waals surface area contributed by atoms with Gasteiger partial charge < -0.3 is 0 Å². The largest absolute Gasteiger partial charge is 0.331 e. The Morgan fingerprint density at radius 2 is 1.08 bits per heavy atom. The predicted octanol–water partition coefficient (Wildman–Crippen LogP) is 3.37. The maximum Gasteiger partial charge on any atom is 0.331 e. The summed E-state index contributed by atoms with van der Waals surface area (Å²) in [7, 11) is 0. The minimum absolute atomic E-state index is 0.465. The molecule has 6 nitrogen and oxygen atoms in total. The first-order chi connectivity index (χ1) is 12.4. The molecule has 0 aromatic heterocycles. The number of nitrogens with one attached hydrogen (secondary N) is 2. The van der Waals surface area contributed by atoms with E-state index in [0.717, 1.165) is 0 Å². The van der Waals surface area contributed by atoms with Gasteiger partial charge in [-0.3, -0.25) is 9.59 Å². The normalized spacial score (nSPS) is 11.8. The van der Waals surface area contributed by atoms with Crippen molar-refractivity contribution in [2.24, 2.45) is 10.2 Å². The second-order valence-corrected chi connectivity index (χ2v) is 6.05. The summed E-state index contributed by atoms with van der Waals surface area (Å²) in [6, 6.07) is 14.1. The van der Waals surface area contributed by atoms with Gasteiger partial charge in [0.25, 0.3) is 0 Å². The Morgan fingerprint density at radius 3 is 1.42 bits per heavy atom. The fourth-order valence-corrected chi connectivity index (χ4v) is 2.55. The van der Waals surface area contributed by atoms with Crippen LogP contribution in [-0.4, -0.2) is 23.2 Å². The molecule has 134 valence electrons. The van der Waals surface area contributed by atoms with E-state index < -0.39 is 11.8 Å². The molecule has 8 heteroatoms. The Morgan fingerprint density at radius 1 is 0.731 bits per heavy atom. The van der Waals surface area contributed by atoms with E-state index in [-0.39, 0.29) is 0 Å². The minimum atomic E-state index is -0.952. The summed E-state index contributed by atoms with van der Waals surface area (Å²) in [6.07, 6.45) is 0. The third-order valence-electron chi connectivity index (χ3n) is 3.38. The first kappa shape index (κ1) is 19.6. The Kier molecular flexibility index (Phi) is 6.89. The Labute approximate surface area is 160 Å². The van der Waals surface area contributed by atoms with Crippen molar-refractivity contribution in [3.8, 4) is 0 Å². The smallest absolute Gasteiger partial charge is 0.262 e. The molecule has 0 unspecified atom stereocenters. The molecular formula is C18H16Cl2N4O2. The van der Waals surface area contributed by atoms with Crippen molar-refractivity contribution in [2.45, 2.75) is 13.8 Å². The summed E-state index contributed by atoms with van der Waals surface area (Å²) >= 11 is 12.1. The van der Waals surface area contributed by atoms with Gasteiger partial charge in [0.15, 0.2) is 0 Å². The molecule has 0 aliphatic carbocycles. The molecule has 0 aliphatic rings. The van der Waals surface area contributed by atoms with Crippen LogP contribution in [0.2, 0.25) is 10.0 Å². The van der Waals surface area contributed by atoms with Crippen LogP contribution in [-0.2, 0) is 9.59 Å². The summed E-state index contributed by atoms with van der Waals surface area (Å²) in [5.74, 6) is -1.90. The molecule has 0 atom stereocenters. The fourth-order valence-electron chi connectivity index (χ4n) is 2.00. The van der Waals surface area contributed by atoms with Crippen LogP contribution in [0.25, 0.3) is 0 Å². The second-order valence-electron chi connectivity index (χ2n) is 5.24. The summed E-state index contributed by atoms with van der Waals surface area (Å²) in [5.41, 5.74) is 6.57. The van der Waals surface area contributed by atoms with E-state index in [1.165, 1.54) is 0 Å². The molecule has 0 aliphatic heterocycles. The highest BCUT2D eigenvalue weighted by Gasteiger charge is 2.13. The quantitative estimate of drug-likeness (QED) is 0.476. The molecule has 2 rings (SSSR count). The van der Waals surface area contributed by atoms with Gasteiger partial charge in [0.05, 0.1) is 11.4 Å². The number of hydrogen-bond acceptors (Lipinski definition) is 4. The van der Waals surface area contributed by atoms with E-state index in [1.54, 1.807) is 62.4 Å². The lowest BCUT2D eigenvalue weighted by Gasteiger charge is -2.05. The molecule has 2 aromatic rings. The number of nitrogens with zero attached hydrogens (tertiary/aromatic N) is 2. The zero-order chi connectivity index (χ0) is 19.1. The van der Waals surface area contributed by atoms with Gasteiger partial charge in [-0.1, -0.05) is 59.6 Å². The third kappa shape index (κ3) is 5.15. The van der Waals surface area contributed by atoms with Crippen molar-refractivity contribution in [1.82, 2.24) is 10.9 Å². The van der Waals surface area contributed by atoms with E-state index in [0.29, 0.717) is 32.6 Å². The molecular weight excluding hydrogens is 375 g/mol. The molecule has 0 fully saturated rings. The number of carbonyl (C=O) groups excluding carboxylic acids is 2. The van der Waals surface area contributed by atoms with Crippen molar-refractivity contribution in [3.63, 3.8) is 0 Å². The van der Waals surface area contributed by atoms with Crippen molar-refractivity contribution in [2.75, 3.05) is 0 Å². The van der Waals surface area contributed by atoms with Gasteiger partial charge in [0, 0.05) is 21.2 Å². The molecule has 2 amide bonds. The number of rotatable bonds is 4. The predicted molar refractivity (Wildman–Crippen MR) is 104 cm³/mol. The highest BCUT2D eigenvalue weighted by atomic mass is 35.5. The van der Waals surface area contributed by atoms with Crippen LogP contribution in [0.3, 0.4) is 0 Å². The van der Waals surface area contributed by atoms with Crippen LogP contribution in [0.4, 0.5) is 0 Å². The zero-order valence-corrected chi connectivity index (χ0v) is 15.6. The number of amides is 2. The van der Waals surface area contributed by atoms with E-state index in [1.807, 2.05) is 0 Å². The van der Waals surface area contributed by atoms with Crippen molar-refractivity contribution >= 4 is 46.4 Å². The van der Waals surface area contributed by atoms with Gasteiger partial charge in [-0.05, 0) is 26.0 Å². The van der Waals surface area contributed by atoms with Crippen LogP contribution in [0.1, 0.15) is 25.0 Å². The zero-order valence-electron chi connectivity index (χ0n) is 14.1. The van der Waals surface area contributed by atoms with Crippen molar-refractivity contribution in [3.05, 3.63) is 69.7 Å². The first-order valence-corrected chi connectivity index (χ1v) is 8.34. The van der Waals surface area contributed by atoms with Crippen LogP contribution in [0.15, 0.2) is 58.7 Å². The number of hydrazone groups is 2. The van der Waals surface area contributed by atoms with Gasteiger partial charge in [0.2, 0.25) is 0 Å². The SMILES string of the molecule is CC(=NNC(=O)C(=O)NN=C(C)c1ccccc1Cl)c1ccccc1Cl. The summed E-state index contributed by atoms with van der Waals surface area (Å²) < 4.78 is 0. The Hall–Kier alpha value is -2.70. The molecule has 0 bridgehead atoms. The fraction of sp³-hybridized carbons (Fsp3) is 0.111. The minimum Gasteiger partial charge on any atom is -0.262 e. The molecule has 0 spiro atoms. The average molecular weight is 391 g/mol. The highest BCUT2D eigenvalue weighted by molar-refractivity contribution is 6.36. The van der Waals surface area contributed by atoms with E-state index in [4.69, 9.17) is 23.2 Å². The molecule has 0 radical (unpaired) electrons. The van der Waals surface area contributed by atoms with E-state index in [2.05, 4.69) is 21.1 Å². The van der Waals surface area contributed by atoms with Crippen LogP contribution in [0, 0.1) is 0 Å². The van der Waals surface area contributed by atoms with E-state index >= 15 is 0 Å². The molecule has 2 aromatic carbocycles. The second kappa shape index (κ2) is 9.12. The van der Waals surface area contributed by atoms with E-state index in [9.17, 15) is 9.59 Å². The van der Waals surface area contributed by atoms with Gasteiger partial charge in [-0.2, -0.15) is 10.2 Å². The molecule has 2 N–H and O–H groups in total. The summed E-state index contributed by atoms with van der Waals surface area (Å²) in [4.78, 5) is 23.6. The van der Waals surface area contributed by atoms with Crippen LogP contribution < -0.4 is 10.9 Å². The van der Waals surface area contributed by atoms with Gasteiger partial charge in [-0.25, -0.2) is 10.9 Å². The topological polar surface area (TPSA) is 82.9 Å². The average Bonchev–Trinajstić information content (AvgIpc) is 2.64. The number of hydrogen-bond donors (Lipinski definition) is 2. The highest BCUT2D eigenvalue weighted by Crippen LogP contribution is 2.16. The van der Waals surface area contributed by atoms with Crippen LogP contribution >= 0.6 is 23.2 Å². The van der Waals surface area contributed by atoms with Gasteiger partial charge in [0.1, 0.15) is 0 Å². The monoisotopic (exact) mass is 390 g/mol. The molecule has 0 heterocycles. The van der Waals surface area contributed by atoms with Crippen LogP contribution in [0.5, 0.6) is 0 Å². The van der Waals surface area contributed by atoms with Gasteiger partial charge >= 0.3 is 11.8 Å². The van der Waals surface area contributed by atoms with Crippen molar-refractivity contribution < 1.29 is 9.59 Å². The summed E-state index contributed by atoms with van der Waals surface area (Å²) in [6.45, 7) is 3.33. The first-order valence-electron chi connectivity index (χ1n) is 7.59. The molecule has 26 heavy (non-hydrogen) atoms. The molecule has 0 saturated carbocycles.